The summed E-state index contributed by atoms with van der Waals surface area (Å²) in [7, 11) is 0. The molecule has 3 heteroatoms. The first-order valence-corrected chi connectivity index (χ1v) is 5.67. The number of carbonyl (C=O) groups is 1. The fraction of sp³-hybridized carbons (Fsp3) is 0.133. The van der Waals surface area contributed by atoms with Crippen LogP contribution in [0.3, 0.4) is 0 Å². The molecule has 0 aliphatic rings. The zero-order valence-corrected chi connectivity index (χ0v) is 10.1. The molecule has 0 aliphatic heterocycles. The second kappa shape index (κ2) is 5.36. The van der Waals surface area contributed by atoms with Crippen molar-refractivity contribution in [3.63, 3.8) is 0 Å². The molecule has 2 aromatic carbocycles. The van der Waals surface area contributed by atoms with Gasteiger partial charge in [-0.1, -0.05) is 30.3 Å². The number of rotatable bonds is 4. The Kier molecular flexibility index (Phi) is 3.63. The van der Waals surface area contributed by atoms with E-state index in [0.717, 1.165) is 11.1 Å². The summed E-state index contributed by atoms with van der Waals surface area (Å²) in [5.41, 5.74) is 2.18. The summed E-state index contributed by atoms with van der Waals surface area (Å²) in [6, 6.07) is 14.7. The van der Waals surface area contributed by atoms with Gasteiger partial charge in [-0.25, -0.2) is 4.79 Å². The summed E-state index contributed by atoms with van der Waals surface area (Å²) in [6.07, 6.45) is 0. The number of hydrogen-bond donors (Lipinski definition) is 1. The largest absolute Gasteiger partial charge is 0.489 e. The van der Waals surface area contributed by atoms with Crippen LogP contribution >= 0.6 is 0 Å². The van der Waals surface area contributed by atoms with E-state index >= 15 is 0 Å². The topological polar surface area (TPSA) is 46.5 Å². The number of ether oxygens (including phenoxy) is 1. The Labute approximate surface area is 106 Å². The predicted octanol–water partition coefficient (Wildman–Crippen LogP) is 3.27. The average Bonchev–Trinajstić information content (AvgIpc) is 2.38. The summed E-state index contributed by atoms with van der Waals surface area (Å²) in [5.74, 6) is -0.212. The standard InChI is InChI=1S/C15H14O3/c1-11-9-13(15(16)17)7-8-14(11)18-10-12-5-3-2-4-6-12/h2-9H,10H2,1H3,(H,16,17). The lowest BCUT2D eigenvalue weighted by atomic mass is 10.1. The van der Waals surface area contributed by atoms with Crippen LogP contribution in [0.15, 0.2) is 48.5 Å². The third-order valence-corrected chi connectivity index (χ3v) is 2.66. The monoisotopic (exact) mass is 242 g/mol. The number of benzene rings is 2. The van der Waals surface area contributed by atoms with E-state index in [1.54, 1.807) is 18.2 Å². The molecule has 0 heterocycles. The first-order valence-electron chi connectivity index (χ1n) is 5.67. The number of hydrogen-bond acceptors (Lipinski definition) is 2. The zero-order valence-electron chi connectivity index (χ0n) is 10.1. The molecular weight excluding hydrogens is 228 g/mol. The van der Waals surface area contributed by atoms with Crippen LogP contribution in [-0.4, -0.2) is 11.1 Å². The van der Waals surface area contributed by atoms with E-state index in [9.17, 15) is 4.79 Å². The number of aryl methyl sites for hydroxylation is 1. The molecule has 2 rings (SSSR count). The van der Waals surface area contributed by atoms with Crippen LogP contribution in [0.25, 0.3) is 0 Å². The van der Waals surface area contributed by atoms with Crippen LogP contribution in [0.5, 0.6) is 5.75 Å². The molecule has 0 spiro atoms. The number of carboxylic acid groups (broad SMARTS) is 1. The maximum Gasteiger partial charge on any atom is 0.335 e. The Morgan fingerprint density at radius 1 is 1.17 bits per heavy atom. The van der Waals surface area contributed by atoms with E-state index in [-0.39, 0.29) is 5.56 Å². The molecule has 0 atom stereocenters. The molecule has 0 radical (unpaired) electrons. The molecule has 0 amide bonds. The Morgan fingerprint density at radius 3 is 2.50 bits per heavy atom. The molecular formula is C15H14O3. The van der Waals surface area contributed by atoms with Gasteiger partial charge in [0, 0.05) is 0 Å². The van der Waals surface area contributed by atoms with Gasteiger partial charge in [0.2, 0.25) is 0 Å². The van der Waals surface area contributed by atoms with E-state index in [1.807, 2.05) is 37.3 Å². The van der Waals surface area contributed by atoms with E-state index in [4.69, 9.17) is 9.84 Å². The number of aromatic carboxylic acids is 1. The van der Waals surface area contributed by atoms with Crippen LogP contribution in [0, 0.1) is 6.92 Å². The molecule has 0 saturated heterocycles. The summed E-state index contributed by atoms with van der Waals surface area (Å²) in [5, 5.41) is 8.87. The van der Waals surface area contributed by atoms with Crippen molar-refractivity contribution in [1.82, 2.24) is 0 Å². The molecule has 0 fully saturated rings. The molecule has 0 aromatic heterocycles. The highest BCUT2D eigenvalue weighted by Gasteiger charge is 2.06. The molecule has 2 aromatic rings. The zero-order chi connectivity index (χ0) is 13.0. The van der Waals surface area contributed by atoms with Crippen molar-refractivity contribution in [3.8, 4) is 5.75 Å². The highest BCUT2D eigenvalue weighted by Crippen LogP contribution is 2.20. The van der Waals surface area contributed by atoms with Gasteiger partial charge in [-0.15, -0.1) is 0 Å². The Hall–Kier alpha value is -2.29. The maximum atomic E-state index is 10.8. The molecule has 0 bridgehead atoms. The maximum absolute atomic E-state index is 10.8. The van der Waals surface area contributed by atoms with Gasteiger partial charge in [-0.2, -0.15) is 0 Å². The molecule has 18 heavy (non-hydrogen) atoms. The lowest BCUT2D eigenvalue weighted by Crippen LogP contribution is -2.00. The van der Waals surface area contributed by atoms with Crippen molar-refractivity contribution >= 4 is 5.97 Å². The van der Waals surface area contributed by atoms with Crippen molar-refractivity contribution in [3.05, 3.63) is 65.2 Å². The van der Waals surface area contributed by atoms with Crippen molar-refractivity contribution in [2.45, 2.75) is 13.5 Å². The highest BCUT2D eigenvalue weighted by molar-refractivity contribution is 5.88. The van der Waals surface area contributed by atoms with Crippen molar-refractivity contribution in [1.29, 1.82) is 0 Å². The molecule has 0 aliphatic carbocycles. The van der Waals surface area contributed by atoms with E-state index in [1.165, 1.54) is 0 Å². The smallest absolute Gasteiger partial charge is 0.335 e. The third-order valence-electron chi connectivity index (χ3n) is 2.66. The van der Waals surface area contributed by atoms with Gasteiger partial charge < -0.3 is 9.84 Å². The lowest BCUT2D eigenvalue weighted by molar-refractivity contribution is 0.0696. The van der Waals surface area contributed by atoms with E-state index < -0.39 is 5.97 Å². The van der Waals surface area contributed by atoms with Gasteiger partial charge in [0.15, 0.2) is 0 Å². The average molecular weight is 242 g/mol. The van der Waals surface area contributed by atoms with Crippen molar-refractivity contribution in [2.75, 3.05) is 0 Å². The normalized spacial score (nSPS) is 10.1. The van der Waals surface area contributed by atoms with Gasteiger partial charge in [-0.05, 0) is 36.2 Å². The predicted molar refractivity (Wildman–Crippen MR) is 68.9 cm³/mol. The van der Waals surface area contributed by atoms with Crippen LogP contribution < -0.4 is 4.74 Å². The summed E-state index contributed by atoms with van der Waals surface area (Å²) in [6.45, 7) is 2.32. The molecule has 1 N–H and O–H groups in total. The SMILES string of the molecule is Cc1cc(C(=O)O)ccc1OCc1ccccc1. The van der Waals surface area contributed by atoms with Gasteiger partial charge in [-0.3, -0.25) is 0 Å². The van der Waals surface area contributed by atoms with E-state index in [0.29, 0.717) is 12.4 Å². The summed E-state index contributed by atoms with van der Waals surface area (Å²) >= 11 is 0. The first-order chi connectivity index (χ1) is 8.66. The van der Waals surface area contributed by atoms with Gasteiger partial charge in [0.05, 0.1) is 5.56 Å². The second-order valence-corrected chi connectivity index (χ2v) is 4.06. The quantitative estimate of drug-likeness (QED) is 0.895. The summed E-state index contributed by atoms with van der Waals surface area (Å²) < 4.78 is 5.66. The van der Waals surface area contributed by atoms with E-state index in [2.05, 4.69) is 0 Å². The van der Waals surface area contributed by atoms with Gasteiger partial charge in [0.1, 0.15) is 12.4 Å². The van der Waals surface area contributed by atoms with Gasteiger partial charge >= 0.3 is 5.97 Å². The Morgan fingerprint density at radius 2 is 1.89 bits per heavy atom. The van der Waals surface area contributed by atoms with Crippen molar-refractivity contribution < 1.29 is 14.6 Å². The molecule has 92 valence electrons. The fourth-order valence-electron chi connectivity index (χ4n) is 1.68. The molecule has 0 unspecified atom stereocenters. The van der Waals surface area contributed by atoms with Crippen LogP contribution in [0.4, 0.5) is 0 Å². The van der Waals surface area contributed by atoms with Crippen LogP contribution in [0.2, 0.25) is 0 Å². The first kappa shape index (κ1) is 12.2. The highest BCUT2D eigenvalue weighted by atomic mass is 16.5. The lowest BCUT2D eigenvalue weighted by Gasteiger charge is -2.09. The Bertz CT molecular complexity index is 547. The van der Waals surface area contributed by atoms with Crippen molar-refractivity contribution in [2.24, 2.45) is 0 Å². The minimum Gasteiger partial charge on any atom is -0.489 e. The fourth-order valence-corrected chi connectivity index (χ4v) is 1.68. The molecule has 0 saturated carbocycles. The van der Waals surface area contributed by atoms with Crippen LogP contribution in [0.1, 0.15) is 21.5 Å². The number of carboxylic acids is 1. The summed E-state index contributed by atoms with van der Waals surface area (Å²) in [4.78, 5) is 10.8. The second-order valence-electron chi connectivity index (χ2n) is 4.06. The molecule has 3 nitrogen and oxygen atoms in total. The Balaban J connectivity index is 2.08. The van der Waals surface area contributed by atoms with Gasteiger partial charge in [0.25, 0.3) is 0 Å². The third kappa shape index (κ3) is 2.88. The van der Waals surface area contributed by atoms with Crippen LogP contribution in [-0.2, 0) is 6.61 Å². The minimum atomic E-state index is -0.923. The minimum absolute atomic E-state index is 0.277.